The summed E-state index contributed by atoms with van der Waals surface area (Å²) in [7, 11) is 0. The number of ether oxygens (including phenoxy) is 2. The van der Waals surface area contributed by atoms with Gasteiger partial charge in [-0.15, -0.1) is 0 Å². The maximum Gasteiger partial charge on any atom is 0.281 e. The lowest BCUT2D eigenvalue weighted by molar-refractivity contribution is -0.329. The molecule has 0 aromatic carbocycles. The van der Waals surface area contributed by atoms with Crippen LogP contribution in [0.25, 0.3) is 20.4 Å². The molecule has 3 aromatic heterocycles. The minimum Gasteiger partial charge on any atom is -0.373 e. The normalized spacial score (nSPS) is 23.1. The van der Waals surface area contributed by atoms with E-state index in [1.807, 2.05) is 0 Å². The van der Waals surface area contributed by atoms with Crippen molar-refractivity contribution in [2.75, 3.05) is 31.2 Å². The molecule has 5 heterocycles. The number of nitrogens with one attached hydrogen (secondary N) is 1. The number of fused-ring (bicyclic) bond motifs is 5. The predicted molar refractivity (Wildman–Crippen MR) is 107 cm³/mol. The highest BCUT2D eigenvalue weighted by Crippen LogP contribution is 2.42. The van der Waals surface area contributed by atoms with Crippen LogP contribution in [0.4, 0.5) is 5.82 Å². The Morgan fingerprint density at radius 2 is 2.11 bits per heavy atom. The van der Waals surface area contributed by atoms with E-state index in [2.05, 4.69) is 33.7 Å². The Kier molecular flexibility index (Phi) is 4.23. The highest BCUT2D eigenvalue weighted by Gasteiger charge is 2.37. The Hall–Kier alpha value is -1.54. The number of halogens is 1. The van der Waals surface area contributed by atoms with Gasteiger partial charge in [-0.3, -0.25) is 4.90 Å². The number of nitrogens with zero attached hydrogens (tertiary/aromatic N) is 3. The second kappa shape index (κ2) is 6.51. The van der Waals surface area contributed by atoms with Crippen molar-refractivity contribution in [3.05, 3.63) is 22.6 Å². The van der Waals surface area contributed by atoms with Crippen molar-refractivity contribution < 1.29 is 14.5 Å². The van der Waals surface area contributed by atoms with E-state index in [4.69, 9.17) is 21.1 Å². The molecule has 1 saturated heterocycles. The van der Waals surface area contributed by atoms with Gasteiger partial charge in [0.2, 0.25) is 0 Å². The Bertz CT molecular complexity index is 1030. The number of H-pyrrole nitrogens is 1. The zero-order valence-corrected chi connectivity index (χ0v) is 17.0. The lowest BCUT2D eigenvalue weighted by Gasteiger charge is -2.35. The van der Waals surface area contributed by atoms with Gasteiger partial charge in [-0.25, -0.2) is 15.0 Å². The molecule has 8 heteroatoms. The summed E-state index contributed by atoms with van der Waals surface area (Å²) in [4.78, 5) is 15.9. The molecular weight excluding hydrogens is 384 g/mol. The van der Waals surface area contributed by atoms with Crippen molar-refractivity contribution in [3.8, 4) is 0 Å². The summed E-state index contributed by atoms with van der Waals surface area (Å²) in [6.07, 6.45) is 3.39. The van der Waals surface area contributed by atoms with E-state index in [0.29, 0.717) is 11.8 Å². The number of hydrogen-bond acceptors (Lipinski definition) is 6. The van der Waals surface area contributed by atoms with E-state index in [1.165, 1.54) is 16.5 Å². The molecule has 2 aliphatic heterocycles. The first-order chi connectivity index (χ1) is 13.1. The number of hydrogen-bond donors (Lipinski definition) is 0. The molecule has 0 radical (unpaired) electrons. The highest BCUT2D eigenvalue weighted by atomic mass is 35.5. The second-order valence-electron chi connectivity index (χ2n) is 7.45. The predicted octanol–water partition coefficient (Wildman–Crippen LogP) is 3.39. The molecule has 0 aliphatic carbocycles. The fourth-order valence-corrected chi connectivity index (χ4v) is 5.34. The summed E-state index contributed by atoms with van der Waals surface area (Å²) < 4.78 is 12.8. The zero-order chi connectivity index (χ0) is 18.6. The highest BCUT2D eigenvalue weighted by molar-refractivity contribution is 7.25. The molecule has 3 aromatic rings. The van der Waals surface area contributed by atoms with Crippen molar-refractivity contribution in [2.24, 2.45) is 0 Å². The largest absolute Gasteiger partial charge is 0.373 e. The molecule has 27 heavy (non-hydrogen) atoms. The molecule has 2 aliphatic rings. The molecule has 0 saturated carbocycles. The van der Waals surface area contributed by atoms with Gasteiger partial charge in [0.1, 0.15) is 24.6 Å². The van der Waals surface area contributed by atoms with Gasteiger partial charge in [0.25, 0.3) is 5.82 Å². The third-order valence-corrected chi connectivity index (χ3v) is 7.30. The molecule has 6 nitrogen and oxygen atoms in total. The fraction of sp³-hybridized carbons (Fsp3) is 0.526. The van der Waals surface area contributed by atoms with Gasteiger partial charge in [-0.2, -0.15) is 0 Å². The quantitative estimate of drug-likeness (QED) is 0.611. The van der Waals surface area contributed by atoms with Gasteiger partial charge >= 0.3 is 0 Å². The van der Waals surface area contributed by atoms with E-state index in [9.17, 15) is 0 Å². The van der Waals surface area contributed by atoms with Crippen LogP contribution < -0.4 is 9.88 Å². The first kappa shape index (κ1) is 17.6. The van der Waals surface area contributed by atoms with Crippen LogP contribution in [0, 0.1) is 0 Å². The van der Waals surface area contributed by atoms with E-state index in [0.717, 1.165) is 60.0 Å². The van der Waals surface area contributed by atoms with E-state index in [1.54, 1.807) is 17.7 Å². The molecular formula is C19H22ClN4O2S+. The molecule has 0 unspecified atom stereocenters. The number of rotatable bonds is 2. The molecule has 142 valence electrons. The molecule has 0 bridgehead atoms. The first-order valence-corrected chi connectivity index (χ1v) is 10.6. The Morgan fingerprint density at radius 1 is 1.30 bits per heavy atom. The fourth-order valence-electron chi connectivity index (χ4n) is 4.03. The van der Waals surface area contributed by atoms with Crippen molar-refractivity contribution >= 4 is 49.2 Å². The van der Waals surface area contributed by atoms with Crippen LogP contribution in [0.3, 0.4) is 0 Å². The molecule has 5 rings (SSSR count). The summed E-state index contributed by atoms with van der Waals surface area (Å²) in [5.41, 5.74) is 3.36. The Balaban J connectivity index is 1.80. The van der Waals surface area contributed by atoms with Crippen molar-refractivity contribution in [3.63, 3.8) is 0 Å². The van der Waals surface area contributed by atoms with E-state index < -0.39 is 0 Å². The van der Waals surface area contributed by atoms with Crippen molar-refractivity contribution in [2.45, 2.75) is 38.9 Å². The zero-order valence-electron chi connectivity index (χ0n) is 15.5. The summed E-state index contributed by atoms with van der Waals surface area (Å²) in [6, 6.07) is 0. The van der Waals surface area contributed by atoms with Crippen LogP contribution in [-0.2, 0) is 22.5 Å². The van der Waals surface area contributed by atoms with Crippen LogP contribution in [0.2, 0.25) is 5.15 Å². The Labute approximate surface area is 166 Å². The van der Waals surface area contributed by atoms with Crippen molar-refractivity contribution in [1.29, 1.82) is 0 Å². The van der Waals surface area contributed by atoms with Crippen LogP contribution in [0.1, 0.15) is 31.4 Å². The van der Waals surface area contributed by atoms with Crippen LogP contribution >= 0.6 is 22.9 Å². The average molecular weight is 406 g/mol. The SMILES string of the molecule is CC[C@@]1(C)Cc2c(c(N3CCOCC3)[nH+]c3sc4c(Cl)ncnc4c23)CO1. The number of morpholine rings is 1. The Morgan fingerprint density at radius 3 is 2.89 bits per heavy atom. The van der Waals surface area contributed by atoms with Crippen LogP contribution in [0.5, 0.6) is 0 Å². The van der Waals surface area contributed by atoms with Crippen LogP contribution in [-0.4, -0.2) is 41.9 Å². The molecule has 0 spiro atoms. The maximum absolute atomic E-state index is 6.38. The average Bonchev–Trinajstić information content (AvgIpc) is 3.08. The second-order valence-corrected chi connectivity index (χ2v) is 8.83. The number of aromatic nitrogens is 3. The summed E-state index contributed by atoms with van der Waals surface area (Å²) in [5, 5.41) is 1.69. The topological polar surface area (TPSA) is 61.6 Å². The smallest absolute Gasteiger partial charge is 0.281 e. The molecule has 1 atom stereocenters. The van der Waals surface area contributed by atoms with E-state index in [-0.39, 0.29) is 5.60 Å². The number of thiophene rings is 1. The standard InChI is InChI=1S/C19H21ClN4O2S/c1-3-19(2)8-11-12(9-26-19)17(24-4-6-25-7-5-24)23-18-13(11)14-15(27-18)16(20)22-10-21-14/h10H,3-9H2,1-2H3/p+1/t19-/m0/s1. The third-order valence-electron chi connectivity index (χ3n) is 5.80. The lowest BCUT2D eigenvalue weighted by Crippen LogP contribution is -2.42. The molecule has 1 N–H and O–H groups in total. The van der Waals surface area contributed by atoms with E-state index >= 15 is 0 Å². The van der Waals surface area contributed by atoms with Gasteiger partial charge in [0, 0.05) is 6.42 Å². The lowest BCUT2D eigenvalue weighted by atomic mass is 9.87. The summed E-state index contributed by atoms with van der Waals surface area (Å²) in [5.74, 6) is 1.15. The van der Waals surface area contributed by atoms with Crippen LogP contribution in [0.15, 0.2) is 6.33 Å². The molecule has 0 amide bonds. The minimum absolute atomic E-state index is 0.158. The monoisotopic (exact) mass is 405 g/mol. The van der Waals surface area contributed by atoms with Gasteiger partial charge in [-0.05, 0) is 18.9 Å². The number of anilines is 1. The van der Waals surface area contributed by atoms with Gasteiger partial charge in [0.05, 0.1) is 46.6 Å². The van der Waals surface area contributed by atoms with Gasteiger partial charge < -0.3 is 9.47 Å². The van der Waals surface area contributed by atoms with Gasteiger partial charge in [-0.1, -0.05) is 29.9 Å². The summed E-state index contributed by atoms with van der Waals surface area (Å²) in [6.45, 7) is 8.25. The number of pyridine rings is 1. The summed E-state index contributed by atoms with van der Waals surface area (Å²) >= 11 is 8.01. The van der Waals surface area contributed by atoms with Gasteiger partial charge in [0.15, 0.2) is 4.83 Å². The minimum atomic E-state index is -0.158. The van der Waals surface area contributed by atoms with Crippen molar-refractivity contribution in [1.82, 2.24) is 9.97 Å². The maximum atomic E-state index is 6.38. The first-order valence-electron chi connectivity index (χ1n) is 9.36. The molecule has 1 fully saturated rings. The third kappa shape index (κ3) is 2.79. The number of aromatic amines is 1.